The summed E-state index contributed by atoms with van der Waals surface area (Å²) < 4.78 is 0. The van der Waals surface area contributed by atoms with Crippen LogP contribution in [-0.4, -0.2) is 16.7 Å². The molecule has 2 aromatic rings. The minimum atomic E-state index is -0.454. The largest absolute Gasteiger partial charge is 0.507 e. The molecule has 0 fully saturated rings. The summed E-state index contributed by atoms with van der Waals surface area (Å²) in [6.07, 6.45) is 2.86. The molecule has 2 N–H and O–H groups in total. The topological polar surface area (TPSA) is 61.7 Å². The van der Waals surface area contributed by atoms with Crippen LogP contribution in [0.5, 0.6) is 5.75 Å². The molecule has 0 unspecified atom stereocenters. The van der Waals surface area contributed by atoms with Crippen LogP contribution in [0.1, 0.15) is 34.3 Å². The second-order valence-corrected chi connectivity index (χ2v) is 5.61. The van der Waals surface area contributed by atoms with E-state index in [1.807, 2.05) is 18.2 Å². The summed E-state index contributed by atoms with van der Waals surface area (Å²) in [4.78, 5) is 12.1. The van der Waals surface area contributed by atoms with Gasteiger partial charge in [-0.1, -0.05) is 35.9 Å². The number of hydrogen-bond acceptors (Lipinski definition) is 3. The summed E-state index contributed by atoms with van der Waals surface area (Å²) in [5.74, 6) is -0.612. The maximum absolute atomic E-state index is 12.1. The van der Waals surface area contributed by atoms with Crippen LogP contribution in [0.15, 0.2) is 47.6 Å². The van der Waals surface area contributed by atoms with Gasteiger partial charge in [0.25, 0.3) is 5.91 Å². The molecule has 0 radical (unpaired) electrons. The Kier molecular flexibility index (Phi) is 4.11. The zero-order chi connectivity index (χ0) is 15.5. The van der Waals surface area contributed by atoms with Crippen molar-refractivity contribution in [3.8, 4) is 5.75 Å². The van der Waals surface area contributed by atoms with Crippen LogP contribution in [0, 0.1) is 0 Å². The van der Waals surface area contributed by atoms with Gasteiger partial charge in [0, 0.05) is 10.6 Å². The average molecular weight is 315 g/mol. The smallest absolute Gasteiger partial charge is 0.275 e. The standard InChI is InChI=1S/C17H15ClN2O2/c18-12-8-9-14(16(21)10-12)17(22)20-19-15-7-3-5-11-4-1-2-6-13(11)15/h1-2,4,6,8-10,21H,3,5,7H2,(H,20,22). The lowest BCUT2D eigenvalue weighted by Crippen LogP contribution is -2.22. The molecule has 1 amide bonds. The normalized spacial score (nSPS) is 15.4. The fraction of sp³-hybridized carbons (Fsp3) is 0.176. The Balaban J connectivity index is 1.81. The van der Waals surface area contributed by atoms with Crippen molar-refractivity contribution in [2.24, 2.45) is 5.10 Å². The maximum Gasteiger partial charge on any atom is 0.275 e. The van der Waals surface area contributed by atoms with E-state index in [1.165, 1.54) is 17.7 Å². The number of rotatable bonds is 2. The number of hydrogen-bond donors (Lipinski definition) is 2. The number of fused-ring (bicyclic) bond motifs is 1. The number of aryl methyl sites for hydroxylation is 1. The highest BCUT2D eigenvalue weighted by atomic mass is 35.5. The molecular formula is C17H15ClN2O2. The summed E-state index contributed by atoms with van der Waals surface area (Å²) in [5.41, 5.74) is 5.86. The van der Waals surface area contributed by atoms with Crippen molar-refractivity contribution < 1.29 is 9.90 Å². The third-order valence-electron chi connectivity index (χ3n) is 3.68. The lowest BCUT2D eigenvalue weighted by atomic mass is 9.90. The van der Waals surface area contributed by atoms with E-state index in [4.69, 9.17) is 11.6 Å². The van der Waals surface area contributed by atoms with Gasteiger partial charge >= 0.3 is 0 Å². The van der Waals surface area contributed by atoms with E-state index in [0.29, 0.717) is 5.02 Å². The summed E-state index contributed by atoms with van der Waals surface area (Å²) in [7, 11) is 0. The molecule has 0 saturated heterocycles. The van der Waals surface area contributed by atoms with Crippen LogP contribution < -0.4 is 5.43 Å². The van der Waals surface area contributed by atoms with Crippen molar-refractivity contribution in [2.45, 2.75) is 19.3 Å². The first-order valence-corrected chi connectivity index (χ1v) is 7.46. The van der Waals surface area contributed by atoms with E-state index in [2.05, 4.69) is 16.6 Å². The second kappa shape index (κ2) is 6.20. The first kappa shape index (κ1) is 14.6. The molecule has 2 aromatic carbocycles. The molecule has 3 rings (SSSR count). The molecular weight excluding hydrogens is 300 g/mol. The monoisotopic (exact) mass is 314 g/mol. The zero-order valence-electron chi connectivity index (χ0n) is 11.8. The first-order chi connectivity index (χ1) is 10.6. The first-order valence-electron chi connectivity index (χ1n) is 7.09. The number of carbonyl (C=O) groups excluding carboxylic acids is 1. The van der Waals surface area contributed by atoms with E-state index < -0.39 is 5.91 Å². The van der Waals surface area contributed by atoms with E-state index >= 15 is 0 Å². The molecule has 0 saturated carbocycles. The molecule has 0 heterocycles. The minimum absolute atomic E-state index is 0.151. The van der Waals surface area contributed by atoms with Gasteiger partial charge in [0.1, 0.15) is 5.75 Å². The maximum atomic E-state index is 12.1. The highest BCUT2D eigenvalue weighted by Crippen LogP contribution is 2.23. The number of phenols is 1. The third kappa shape index (κ3) is 2.97. The van der Waals surface area contributed by atoms with Gasteiger partial charge in [-0.05, 0) is 43.0 Å². The summed E-state index contributed by atoms with van der Waals surface area (Å²) in [6.45, 7) is 0. The van der Waals surface area contributed by atoms with Crippen molar-refractivity contribution in [1.29, 1.82) is 0 Å². The van der Waals surface area contributed by atoms with Gasteiger partial charge in [0.15, 0.2) is 0 Å². The molecule has 22 heavy (non-hydrogen) atoms. The zero-order valence-corrected chi connectivity index (χ0v) is 12.6. The Labute approximate surface area is 133 Å². The Morgan fingerprint density at radius 1 is 1.18 bits per heavy atom. The van der Waals surface area contributed by atoms with E-state index in [9.17, 15) is 9.90 Å². The van der Waals surface area contributed by atoms with Crippen LogP contribution in [-0.2, 0) is 6.42 Å². The molecule has 4 nitrogen and oxygen atoms in total. The Morgan fingerprint density at radius 3 is 2.82 bits per heavy atom. The van der Waals surface area contributed by atoms with Crippen LogP contribution in [0.25, 0.3) is 0 Å². The summed E-state index contributed by atoms with van der Waals surface area (Å²) in [5, 5.41) is 14.4. The predicted octanol–water partition coefficient (Wildman–Crippen LogP) is 3.52. The summed E-state index contributed by atoms with van der Waals surface area (Å²) in [6, 6.07) is 12.4. The number of nitrogens with one attached hydrogen (secondary N) is 1. The van der Waals surface area contributed by atoms with E-state index in [1.54, 1.807) is 6.07 Å². The Bertz CT molecular complexity index is 756. The Morgan fingerprint density at radius 2 is 2.00 bits per heavy atom. The van der Waals surface area contributed by atoms with Crippen LogP contribution in [0.3, 0.4) is 0 Å². The number of aromatic hydroxyl groups is 1. The highest BCUT2D eigenvalue weighted by molar-refractivity contribution is 6.30. The van der Waals surface area contributed by atoms with Gasteiger partial charge in [-0.3, -0.25) is 4.79 Å². The molecule has 112 valence electrons. The van der Waals surface area contributed by atoms with E-state index in [0.717, 1.165) is 30.5 Å². The number of phenolic OH excluding ortho intramolecular Hbond substituents is 1. The number of carbonyl (C=O) groups is 1. The van der Waals surface area contributed by atoms with Gasteiger partial charge in [0.05, 0.1) is 11.3 Å². The third-order valence-corrected chi connectivity index (χ3v) is 3.92. The average Bonchev–Trinajstić information content (AvgIpc) is 2.52. The van der Waals surface area contributed by atoms with Crippen molar-refractivity contribution in [2.75, 3.05) is 0 Å². The second-order valence-electron chi connectivity index (χ2n) is 5.17. The number of hydrazone groups is 1. The van der Waals surface area contributed by atoms with Gasteiger partial charge < -0.3 is 5.11 Å². The lowest BCUT2D eigenvalue weighted by molar-refractivity contribution is 0.0952. The van der Waals surface area contributed by atoms with Crippen molar-refractivity contribution in [3.05, 3.63) is 64.2 Å². The van der Waals surface area contributed by atoms with Crippen molar-refractivity contribution in [1.82, 2.24) is 5.43 Å². The molecule has 0 aromatic heterocycles. The SMILES string of the molecule is O=C(NN=C1CCCc2ccccc21)c1ccc(Cl)cc1O. The molecule has 5 heteroatoms. The fourth-order valence-corrected chi connectivity index (χ4v) is 2.76. The molecule has 1 aliphatic carbocycles. The van der Waals surface area contributed by atoms with Crippen molar-refractivity contribution in [3.63, 3.8) is 0 Å². The van der Waals surface area contributed by atoms with Crippen LogP contribution >= 0.6 is 11.6 Å². The number of amides is 1. The number of nitrogens with zero attached hydrogens (tertiary/aromatic N) is 1. The van der Waals surface area contributed by atoms with E-state index in [-0.39, 0.29) is 11.3 Å². The van der Waals surface area contributed by atoms with Gasteiger partial charge in [-0.25, -0.2) is 5.43 Å². The predicted molar refractivity (Wildman–Crippen MR) is 86.5 cm³/mol. The lowest BCUT2D eigenvalue weighted by Gasteiger charge is -2.17. The molecule has 1 aliphatic rings. The Hall–Kier alpha value is -2.33. The van der Waals surface area contributed by atoms with Crippen LogP contribution in [0.2, 0.25) is 5.02 Å². The highest BCUT2D eigenvalue weighted by Gasteiger charge is 2.16. The molecule has 0 spiro atoms. The van der Waals surface area contributed by atoms with Gasteiger partial charge in [-0.15, -0.1) is 0 Å². The van der Waals surface area contributed by atoms with Crippen molar-refractivity contribution >= 4 is 23.2 Å². The quantitative estimate of drug-likeness (QED) is 0.833. The van der Waals surface area contributed by atoms with Crippen LogP contribution in [0.4, 0.5) is 0 Å². The van der Waals surface area contributed by atoms with Gasteiger partial charge in [-0.2, -0.15) is 5.10 Å². The fourth-order valence-electron chi connectivity index (χ4n) is 2.59. The van der Waals surface area contributed by atoms with Gasteiger partial charge in [0.2, 0.25) is 0 Å². The minimum Gasteiger partial charge on any atom is -0.507 e. The number of halogens is 1. The molecule has 0 atom stereocenters. The molecule has 0 bridgehead atoms. The molecule has 0 aliphatic heterocycles. The number of benzene rings is 2. The summed E-state index contributed by atoms with van der Waals surface area (Å²) >= 11 is 5.76.